The van der Waals surface area contributed by atoms with Gasteiger partial charge in [-0.2, -0.15) is 0 Å². The van der Waals surface area contributed by atoms with Gasteiger partial charge in [0.25, 0.3) is 0 Å². The average molecular weight is 296 g/mol. The topological polar surface area (TPSA) is 71.3 Å². The molecule has 0 aliphatic heterocycles. The third kappa shape index (κ3) is 2.46. The van der Waals surface area contributed by atoms with Gasteiger partial charge in [0.1, 0.15) is 6.54 Å². The van der Waals surface area contributed by atoms with Crippen molar-refractivity contribution in [1.82, 2.24) is 9.88 Å². The third-order valence-electron chi connectivity index (χ3n) is 3.61. The number of hydrogen-bond donors (Lipinski definition) is 2. The Labute approximate surface area is 126 Å². The first-order valence-corrected chi connectivity index (χ1v) is 7.10. The normalized spacial score (nSPS) is 11.0. The summed E-state index contributed by atoms with van der Waals surface area (Å²) in [7, 11) is 0. The maximum Gasteiger partial charge on any atom is 0.240 e. The minimum absolute atomic E-state index is 0.0294. The summed E-state index contributed by atoms with van der Waals surface area (Å²) in [6.45, 7) is 0.216. The standard InChI is InChI=1S/C17H16N2O3/c20-10-9-18-16(21)11-19-14-7-3-1-5-12(14)17(22)13-6-2-4-8-15(13)19/h1-8,20H,9-11H2,(H,18,21). The Morgan fingerprint density at radius 3 is 2.09 bits per heavy atom. The lowest BCUT2D eigenvalue weighted by atomic mass is 10.1. The summed E-state index contributed by atoms with van der Waals surface area (Å²) in [5.74, 6) is -0.201. The fraction of sp³-hybridized carbons (Fsp3) is 0.176. The van der Waals surface area contributed by atoms with Gasteiger partial charge in [0.05, 0.1) is 17.6 Å². The Morgan fingerprint density at radius 1 is 1.00 bits per heavy atom. The van der Waals surface area contributed by atoms with Crippen LogP contribution in [0.2, 0.25) is 0 Å². The van der Waals surface area contributed by atoms with Crippen LogP contribution in [0.5, 0.6) is 0 Å². The first-order chi connectivity index (χ1) is 10.7. The Morgan fingerprint density at radius 2 is 1.55 bits per heavy atom. The molecule has 2 N–H and O–H groups in total. The fourth-order valence-corrected chi connectivity index (χ4v) is 2.64. The number of carbonyl (C=O) groups is 1. The second kappa shape index (κ2) is 5.99. The molecule has 0 bridgehead atoms. The van der Waals surface area contributed by atoms with Crippen molar-refractivity contribution in [3.63, 3.8) is 0 Å². The molecule has 22 heavy (non-hydrogen) atoms. The van der Waals surface area contributed by atoms with Crippen LogP contribution < -0.4 is 10.7 Å². The maximum atomic E-state index is 12.6. The van der Waals surface area contributed by atoms with E-state index >= 15 is 0 Å². The molecule has 3 rings (SSSR count). The fourth-order valence-electron chi connectivity index (χ4n) is 2.64. The van der Waals surface area contributed by atoms with Crippen molar-refractivity contribution in [3.05, 3.63) is 58.8 Å². The quantitative estimate of drug-likeness (QED) is 0.712. The number of benzene rings is 2. The molecule has 0 spiro atoms. The lowest BCUT2D eigenvalue weighted by Crippen LogP contribution is -2.30. The van der Waals surface area contributed by atoms with Crippen LogP contribution in [0.1, 0.15) is 0 Å². The number of rotatable bonds is 4. The highest BCUT2D eigenvalue weighted by molar-refractivity contribution is 5.94. The van der Waals surface area contributed by atoms with Gasteiger partial charge in [0.15, 0.2) is 5.43 Å². The number of aliphatic hydroxyl groups is 1. The van der Waals surface area contributed by atoms with Gasteiger partial charge in [0.2, 0.25) is 5.91 Å². The van der Waals surface area contributed by atoms with Crippen LogP contribution in [0.3, 0.4) is 0 Å². The molecule has 1 heterocycles. The van der Waals surface area contributed by atoms with Gasteiger partial charge in [-0.05, 0) is 24.3 Å². The summed E-state index contributed by atoms with van der Waals surface area (Å²) in [6, 6.07) is 14.5. The van der Waals surface area contributed by atoms with Gasteiger partial charge in [-0.25, -0.2) is 0 Å². The molecule has 112 valence electrons. The van der Waals surface area contributed by atoms with E-state index in [1.807, 2.05) is 41.0 Å². The lowest BCUT2D eigenvalue weighted by Gasteiger charge is -2.14. The zero-order chi connectivity index (χ0) is 15.5. The van der Waals surface area contributed by atoms with E-state index in [-0.39, 0.29) is 31.0 Å². The number of pyridine rings is 1. The van der Waals surface area contributed by atoms with Gasteiger partial charge in [-0.15, -0.1) is 0 Å². The van der Waals surface area contributed by atoms with E-state index in [2.05, 4.69) is 5.32 Å². The molecule has 0 aliphatic carbocycles. The molecular formula is C17H16N2O3. The van der Waals surface area contributed by atoms with Crippen molar-refractivity contribution < 1.29 is 9.90 Å². The zero-order valence-electron chi connectivity index (χ0n) is 12.0. The monoisotopic (exact) mass is 296 g/mol. The zero-order valence-corrected chi connectivity index (χ0v) is 12.0. The van der Waals surface area contributed by atoms with Crippen molar-refractivity contribution in [3.8, 4) is 0 Å². The van der Waals surface area contributed by atoms with E-state index < -0.39 is 0 Å². The summed E-state index contributed by atoms with van der Waals surface area (Å²) in [5, 5.41) is 12.6. The minimum Gasteiger partial charge on any atom is -0.395 e. The molecule has 1 aromatic heterocycles. The Bertz CT molecular complexity index is 839. The number of hydrogen-bond acceptors (Lipinski definition) is 3. The number of fused-ring (bicyclic) bond motifs is 2. The van der Waals surface area contributed by atoms with Crippen molar-refractivity contribution in [2.24, 2.45) is 0 Å². The highest BCUT2D eigenvalue weighted by Crippen LogP contribution is 2.18. The molecule has 2 aromatic carbocycles. The highest BCUT2D eigenvalue weighted by Gasteiger charge is 2.12. The Hall–Kier alpha value is -2.66. The number of nitrogens with one attached hydrogen (secondary N) is 1. The van der Waals surface area contributed by atoms with Crippen molar-refractivity contribution in [2.75, 3.05) is 13.2 Å². The van der Waals surface area contributed by atoms with E-state index in [1.165, 1.54) is 0 Å². The highest BCUT2D eigenvalue weighted by atomic mass is 16.3. The Kier molecular flexibility index (Phi) is 3.89. The average Bonchev–Trinajstić information content (AvgIpc) is 2.57. The van der Waals surface area contributed by atoms with Gasteiger partial charge in [-0.1, -0.05) is 24.3 Å². The minimum atomic E-state index is -0.201. The number of para-hydroxylation sites is 2. The molecule has 0 fully saturated rings. The predicted molar refractivity (Wildman–Crippen MR) is 85.8 cm³/mol. The second-order valence-electron chi connectivity index (χ2n) is 5.02. The lowest BCUT2D eigenvalue weighted by molar-refractivity contribution is -0.121. The number of nitrogens with zero attached hydrogens (tertiary/aromatic N) is 1. The van der Waals surface area contributed by atoms with Gasteiger partial charge < -0.3 is 15.0 Å². The van der Waals surface area contributed by atoms with Crippen molar-refractivity contribution in [1.29, 1.82) is 0 Å². The SMILES string of the molecule is O=C(Cn1c2ccccc2c(=O)c2ccccc21)NCCO. The van der Waals surface area contributed by atoms with Crippen LogP contribution in [0.4, 0.5) is 0 Å². The molecular weight excluding hydrogens is 280 g/mol. The van der Waals surface area contributed by atoms with E-state index in [1.54, 1.807) is 12.1 Å². The molecule has 1 amide bonds. The smallest absolute Gasteiger partial charge is 0.240 e. The predicted octanol–water partition coefficient (Wildman–Crippen LogP) is 1.26. The van der Waals surface area contributed by atoms with Gasteiger partial charge in [-0.3, -0.25) is 9.59 Å². The van der Waals surface area contributed by atoms with E-state index in [9.17, 15) is 9.59 Å². The van der Waals surface area contributed by atoms with Crippen LogP contribution in [0.15, 0.2) is 53.3 Å². The number of carbonyl (C=O) groups excluding carboxylic acids is 1. The summed E-state index contributed by atoms with van der Waals surface area (Å²) in [6.07, 6.45) is 0. The molecule has 3 aromatic rings. The van der Waals surface area contributed by atoms with E-state index in [4.69, 9.17) is 5.11 Å². The summed E-state index contributed by atoms with van der Waals surface area (Å²) >= 11 is 0. The summed E-state index contributed by atoms with van der Waals surface area (Å²) < 4.78 is 1.83. The molecule has 5 nitrogen and oxygen atoms in total. The molecule has 0 atom stereocenters. The van der Waals surface area contributed by atoms with E-state index in [0.717, 1.165) is 11.0 Å². The van der Waals surface area contributed by atoms with Crippen LogP contribution in [-0.2, 0) is 11.3 Å². The van der Waals surface area contributed by atoms with Gasteiger partial charge in [0, 0.05) is 17.3 Å². The Balaban J connectivity index is 2.23. The largest absolute Gasteiger partial charge is 0.395 e. The molecule has 0 saturated carbocycles. The van der Waals surface area contributed by atoms with E-state index in [0.29, 0.717) is 10.8 Å². The van der Waals surface area contributed by atoms with Crippen LogP contribution in [-0.4, -0.2) is 28.7 Å². The summed E-state index contributed by atoms with van der Waals surface area (Å²) in [4.78, 5) is 24.6. The first-order valence-electron chi connectivity index (χ1n) is 7.10. The number of aliphatic hydroxyl groups excluding tert-OH is 1. The van der Waals surface area contributed by atoms with Crippen LogP contribution in [0.25, 0.3) is 21.8 Å². The number of aromatic nitrogens is 1. The van der Waals surface area contributed by atoms with Crippen molar-refractivity contribution >= 4 is 27.7 Å². The van der Waals surface area contributed by atoms with Crippen molar-refractivity contribution in [2.45, 2.75) is 6.54 Å². The van der Waals surface area contributed by atoms with Crippen LogP contribution >= 0.6 is 0 Å². The molecule has 0 aliphatic rings. The maximum absolute atomic E-state index is 12.6. The first kappa shape index (κ1) is 14.3. The third-order valence-corrected chi connectivity index (χ3v) is 3.61. The molecule has 0 radical (unpaired) electrons. The van der Waals surface area contributed by atoms with Gasteiger partial charge >= 0.3 is 0 Å². The summed E-state index contributed by atoms with van der Waals surface area (Å²) in [5.41, 5.74) is 1.42. The molecule has 0 unspecified atom stereocenters. The molecule has 0 saturated heterocycles. The molecule has 5 heteroatoms. The second-order valence-corrected chi connectivity index (χ2v) is 5.02. The number of amides is 1. The van der Waals surface area contributed by atoms with Crippen LogP contribution in [0, 0.1) is 0 Å².